The van der Waals surface area contributed by atoms with Crippen LogP contribution >= 0.6 is 0 Å². The monoisotopic (exact) mass is 390 g/mol. The average Bonchev–Trinajstić information content (AvgIpc) is 2.67. The molecule has 1 atom stereocenters. The summed E-state index contributed by atoms with van der Waals surface area (Å²) in [6, 6.07) is 11.9. The van der Waals surface area contributed by atoms with E-state index in [0.717, 1.165) is 0 Å². The Morgan fingerprint density at radius 1 is 1.22 bits per heavy atom. The first-order chi connectivity index (χ1) is 12.8. The van der Waals surface area contributed by atoms with Crippen molar-refractivity contribution in [2.24, 2.45) is 0 Å². The second kappa shape index (κ2) is 7.58. The van der Waals surface area contributed by atoms with Crippen LogP contribution in [0.2, 0.25) is 0 Å². The van der Waals surface area contributed by atoms with Crippen LogP contribution in [-0.4, -0.2) is 52.6 Å². The number of likely N-dealkylation sites (N-methyl/N-ethyl adjacent to an activating group) is 1. The van der Waals surface area contributed by atoms with Gasteiger partial charge in [-0.2, -0.15) is 0 Å². The molecule has 1 heterocycles. The summed E-state index contributed by atoms with van der Waals surface area (Å²) in [7, 11) is -0.631. The van der Waals surface area contributed by atoms with Crippen molar-refractivity contribution in [3.8, 4) is 11.5 Å². The summed E-state index contributed by atoms with van der Waals surface area (Å²) >= 11 is 0. The van der Waals surface area contributed by atoms with Gasteiger partial charge in [-0.15, -0.1) is 0 Å². The lowest BCUT2D eigenvalue weighted by molar-refractivity contribution is 0.0520. The molecule has 2 aromatic rings. The smallest absolute Gasteiger partial charge is 0.254 e. The summed E-state index contributed by atoms with van der Waals surface area (Å²) in [5.41, 5.74) is 1.04. The minimum Gasteiger partial charge on any atom is -0.486 e. The molecule has 144 valence electrons. The van der Waals surface area contributed by atoms with Gasteiger partial charge in [0.2, 0.25) is 10.0 Å². The van der Waals surface area contributed by atoms with Crippen molar-refractivity contribution in [2.75, 3.05) is 27.2 Å². The maximum atomic E-state index is 12.9. The summed E-state index contributed by atoms with van der Waals surface area (Å²) in [5, 5.41) is 0. The van der Waals surface area contributed by atoms with Gasteiger partial charge in [0.1, 0.15) is 6.61 Å². The van der Waals surface area contributed by atoms with E-state index in [1.54, 1.807) is 20.0 Å². The number of amides is 1. The molecule has 1 aliphatic rings. The first-order valence-electron chi connectivity index (χ1n) is 8.50. The second-order valence-corrected chi connectivity index (χ2v) is 8.25. The van der Waals surface area contributed by atoms with Crippen LogP contribution in [0.3, 0.4) is 0 Å². The van der Waals surface area contributed by atoms with Gasteiger partial charge >= 0.3 is 0 Å². The molecule has 7 nitrogen and oxygen atoms in total. The van der Waals surface area contributed by atoms with Crippen LogP contribution in [-0.2, 0) is 10.0 Å². The van der Waals surface area contributed by atoms with Crippen molar-refractivity contribution in [1.29, 1.82) is 0 Å². The maximum absolute atomic E-state index is 12.9. The lowest BCUT2D eigenvalue weighted by Crippen LogP contribution is -2.42. The highest BCUT2D eigenvalue weighted by Gasteiger charge is 2.25. The molecule has 1 unspecified atom stereocenters. The third-order valence-electron chi connectivity index (χ3n) is 4.41. The second-order valence-electron chi connectivity index (χ2n) is 6.37. The Kier molecular flexibility index (Phi) is 5.38. The number of carbonyl (C=O) groups is 1. The van der Waals surface area contributed by atoms with Crippen LogP contribution in [0.15, 0.2) is 47.4 Å². The Hall–Kier alpha value is -2.58. The number of nitrogens with zero attached hydrogens (tertiary/aromatic N) is 1. The lowest BCUT2D eigenvalue weighted by Gasteiger charge is -2.29. The molecule has 0 fully saturated rings. The van der Waals surface area contributed by atoms with Gasteiger partial charge < -0.3 is 14.4 Å². The zero-order chi connectivity index (χ0) is 19.6. The Labute approximate surface area is 158 Å². The van der Waals surface area contributed by atoms with Crippen LogP contribution in [0, 0.1) is 6.92 Å². The van der Waals surface area contributed by atoms with Crippen molar-refractivity contribution >= 4 is 15.9 Å². The summed E-state index contributed by atoms with van der Waals surface area (Å²) in [6.07, 6.45) is -0.307. The molecule has 0 saturated heterocycles. The Morgan fingerprint density at radius 3 is 2.63 bits per heavy atom. The van der Waals surface area contributed by atoms with Crippen LogP contribution in [0.25, 0.3) is 0 Å². The predicted molar refractivity (Wildman–Crippen MR) is 101 cm³/mol. The first kappa shape index (κ1) is 19.2. The van der Waals surface area contributed by atoms with Crippen LogP contribution in [0.1, 0.15) is 15.9 Å². The number of aryl methyl sites for hydroxylation is 1. The SMILES string of the molecule is CNS(=O)(=O)c1ccc(C)c(C(=O)N(C)CC2COc3ccccc3O2)c1. The Morgan fingerprint density at radius 2 is 1.93 bits per heavy atom. The van der Waals surface area contributed by atoms with Gasteiger partial charge in [0.15, 0.2) is 17.6 Å². The largest absolute Gasteiger partial charge is 0.486 e. The molecular weight excluding hydrogens is 368 g/mol. The standard InChI is InChI=1S/C19H22N2O5S/c1-13-8-9-15(27(23,24)20-2)10-16(13)19(22)21(3)11-14-12-25-17-6-4-5-7-18(17)26-14/h4-10,14,20H,11-12H2,1-3H3. The number of carbonyl (C=O) groups excluding carboxylic acids is 1. The van der Waals surface area contributed by atoms with E-state index in [2.05, 4.69) is 4.72 Å². The molecule has 0 aliphatic carbocycles. The highest BCUT2D eigenvalue weighted by atomic mass is 32.2. The van der Waals surface area contributed by atoms with Crippen molar-refractivity contribution in [3.05, 3.63) is 53.6 Å². The maximum Gasteiger partial charge on any atom is 0.254 e. The van der Waals surface area contributed by atoms with Crippen molar-refractivity contribution in [1.82, 2.24) is 9.62 Å². The van der Waals surface area contributed by atoms with Gasteiger partial charge in [0, 0.05) is 12.6 Å². The third-order valence-corrected chi connectivity index (χ3v) is 5.82. The van der Waals surface area contributed by atoms with Gasteiger partial charge in [-0.3, -0.25) is 4.79 Å². The molecule has 2 aromatic carbocycles. The molecule has 27 heavy (non-hydrogen) atoms. The fourth-order valence-electron chi connectivity index (χ4n) is 2.86. The fraction of sp³-hybridized carbons (Fsp3) is 0.316. The number of rotatable bonds is 5. The van der Waals surface area contributed by atoms with E-state index in [1.165, 1.54) is 24.1 Å². The summed E-state index contributed by atoms with van der Waals surface area (Å²) in [6.45, 7) is 2.42. The number of sulfonamides is 1. The minimum absolute atomic E-state index is 0.0542. The van der Waals surface area contributed by atoms with Crippen LogP contribution in [0.5, 0.6) is 11.5 Å². The predicted octanol–water partition coefficient (Wildman–Crippen LogP) is 1.82. The van der Waals surface area contributed by atoms with Crippen molar-refractivity contribution in [2.45, 2.75) is 17.9 Å². The molecule has 8 heteroatoms. The van der Waals surface area contributed by atoms with Crippen molar-refractivity contribution in [3.63, 3.8) is 0 Å². The summed E-state index contributed by atoms with van der Waals surface area (Å²) in [4.78, 5) is 14.4. The first-order valence-corrected chi connectivity index (χ1v) is 9.98. The minimum atomic E-state index is -3.62. The number of hydrogen-bond acceptors (Lipinski definition) is 5. The Bertz CT molecular complexity index is 958. The van der Waals surface area contributed by atoms with Gasteiger partial charge in [-0.05, 0) is 43.8 Å². The highest BCUT2D eigenvalue weighted by Crippen LogP contribution is 2.31. The van der Waals surface area contributed by atoms with Crippen LogP contribution < -0.4 is 14.2 Å². The third kappa shape index (κ3) is 4.06. The molecule has 1 N–H and O–H groups in total. The topological polar surface area (TPSA) is 84.9 Å². The molecule has 0 radical (unpaired) electrons. The quantitative estimate of drug-likeness (QED) is 0.842. The molecule has 0 spiro atoms. The fourth-order valence-corrected chi connectivity index (χ4v) is 3.62. The number of ether oxygens (including phenoxy) is 2. The highest BCUT2D eigenvalue weighted by molar-refractivity contribution is 7.89. The van der Waals surface area contributed by atoms with E-state index in [9.17, 15) is 13.2 Å². The van der Waals surface area contributed by atoms with E-state index in [1.807, 2.05) is 24.3 Å². The lowest BCUT2D eigenvalue weighted by atomic mass is 10.1. The normalized spacial score (nSPS) is 16.0. The number of para-hydroxylation sites is 2. The van der Waals surface area contributed by atoms with Gasteiger partial charge in [0.25, 0.3) is 5.91 Å². The van der Waals surface area contributed by atoms with E-state index in [-0.39, 0.29) is 16.9 Å². The molecule has 3 rings (SSSR count). The number of benzene rings is 2. The Balaban J connectivity index is 1.75. The molecule has 0 aromatic heterocycles. The molecule has 0 bridgehead atoms. The van der Waals surface area contributed by atoms with Gasteiger partial charge in [-0.25, -0.2) is 13.1 Å². The summed E-state index contributed by atoms with van der Waals surface area (Å²) < 4.78 is 37.9. The number of fused-ring (bicyclic) bond motifs is 1. The molecule has 1 amide bonds. The van der Waals surface area contributed by atoms with E-state index in [0.29, 0.717) is 35.8 Å². The summed E-state index contributed by atoms with van der Waals surface area (Å²) in [5.74, 6) is 1.06. The zero-order valence-corrected chi connectivity index (χ0v) is 16.2. The van der Waals surface area contributed by atoms with Gasteiger partial charge in [-0.1, -0.05) is 18.2 Å². The molecule has 1 aliphatic heterocycles. The molecular formula is C19H22N2O5S. The number of hydrogen-bond donors (Lipinski definition) is 1. The van der Waals surface area contributed by atoms with Crippen molar-refractivity contribution < 1.29 is 22.7 Å². The van der Waals surface area contributed by atoms with Crippen LogP contribution in [0.4, 0.5) is 0 Å². The van der Waals surface area contributed by atoms with E-state index >= 15 is 0 Å². The van der Waals surface area contributed by atoms with E-state index < -0.39 is 10.0 Å². The number of nitrogens with one attached hydrogen (secondary N) is 1. The zero-order valence-electron chi connectivity index (χ0n) is 15.4. The van der Waals surface area contributed by atoms with Gasteiger partial charge in [0.05, 0.1) is 11.4 Å². The van der Waals surface area contributed by atoms with E-state index in [4.69, 9.17) is 9.47 Å². The molecule has 0 saturated carbocycles. The average molecular weight is 390 g/mol.